The zero-order valence-electron chi connectivity index (χ0n) is 37.6. The fourth-order valence-electron chi connectivity index (χ4n) is 8.66. The maximum atomic E-state index is 15.0. The Labute approximate surface area is 380 Å². The molecule has 66 heavy (non-hydrogen) atoms. The second-order valence-electron chi connectivity index (χ2n) is 18.2. The van der Waals surface area contributed by atoms with Crippen LogP contribution in [-0.2, 0) is 51.8 Å². The second kappa shape index (κ2) is 19.0. The van der Waals surface area contributed by atoms with Gasteiger partial charge in [0.1, 0.15) is 46.9 Å². The Morgan fingerprint density at radius 3 is 2.24 bits per heavy atom. The van der Waals surface area contributed by atoms with Gasteiger partial charge in [0.05, 0.1) is 5.41 Å². The van der Waals surface area contributed by atoms with Crippen molar-refractivity contribution in [3.8, 4) is 0 Å². The molecule has 4 aromatic carbocycles. The van der Waals surface area contributed by atoms with Gasteiger partial charge in [-0.05, 0) is 130 Å². The predicted molar refractivity (Wildman–Crippen MR) is 239 cm³/mol. The molecule has 3 heterocycles. The van der Waals surface area contributed by atoms with Gasteiger partial charge in [-0.15, -0.1) is 0 Å². The molecule has 0 bridgehead atoms. The number of carbonyl (C=O) groups excluding carboxylic acids is 6. The molecule has 0 aromatic heterocycles. The van der Waals surface area contributed by atoms with Gasteiger partial charge in [-0.3, -0.25) is 28.9 Å². The van der Waals surface area contributed by atoms with Gasteiger partial charge in [0.25, 0.3) is 5.91 Å². The van der Waals surface area contributed by atoms with E-state index in [0.717, 1.165) is 34.2 Å². The average Bonchev–Trinajstić information content (AvgIpc) is 3.81. The largest absolute Gasteiger partial charge is 0.444 e. The molecule has 14 nitrogen and oxygen atoms in total. The quantitative estimate of drug-likeness (QED) is 0.131. The second-order valence-corrected chi connectivity index (χ2v) is 18.2. The monoisotopic (exact) mass is 910 g/mol. The van der Waals surface area contributed by atoms with Crippen molar-refractivity contribution in [1.82, 2.24) is 15.1 Å². The smallest absolute Gasteiger partial charge is 0.410 e. The first kappa shape index (κ1) is 47.2. The summed E-state index contributed by atoms with van der Waals surface area (Å²) in [5.41, 5.74) is 0.996. The van der Waals surface area contributed by atoms with E-state index in [4.69, 9.17) is 9.47 Å². The lowest BCUT2D eigenvalue weighted by Crippen LogP contribution is -2.57. The van der Waals surface area contributed by atoms with Gasteiger partial charge in [-0.2, -0.15) is 0 Å². The minimum Gasteiger partial charge on any atom is -0.444 e. The minimum absolute atomic E-state index is 0.00954. The van der Waals surface area contributed by atoms with Crippen LogP contribution in [0.25, 0.3) is 0 Å². The molecule has 0 spiro atoms. The normalized spacial score (nSPS) is 19.0. The highest BCUT2D eigenvalue weighted by molar-refractivity contribution is 6.04. The lowest BCUT2D eigenvalue weighted by atomic mass is 9.82. The van der Waals surface area contributed by atoms with E-state index < -0.39 is 82.1 Å². The highest BCUT2D eigenvalue weighted by Crippen LogP contribution is 2.43. The van der Waals surface area contributed by atoms with Gasteiger partial charge in [-0.25, -0.2) is 18.0 Å². The van der Waals surface area contributed by atoms with Crippen LogP contribution in [0.1, 0.15) is 81.3 Å². The van der Waals surface area contributed by atoms with Crippen LogP contribution < -0.4 is 20.9 Å². The third-order valence-electron chi connectivity index (χ3n) is 12.4. The number of nitrogens with zero attached hydrogens (tertiary/aromatic N) is 3. The van der Waals surface area contributed by atoms with Crippen molar-refractivity contribution >= 4 is 53.2 Å². The topological polar surface area (TPSA) is 167 Å². The molecule has 17 heteroatoms. The molecular weight excluding hydrogens is 858 g/mol. The molecule has 0 aliphatic carbocycles. The number of ether oxygens (including phenoxy) is 2. The summed E-state index contributed by atoms with van der Waals surface area (Å²) in [6.07, 6.45) is 1.11. The summed E-state index contributed by atoms with van der Waals surface area (Å²) in [6.45, 7) is 8.70. The van der Waals surface area contributed by atoms with Crippen molar-refractivity contribution in [2.75, 3.05) is 42.3 Å². The Bertz CT molecular complexity index is 2520. The lowest BCUT2D eigenvalue weighted by Gasteiger charge is -2.36. The summed E-state index contributed by atoms with van der Waals surface area (Å²) < 4.78 is 54.6. The van der Waals surface area contributed by atoms with Gasteiger partial charge in [0, 0.05) is 44.7 Å². The van der Waals surface area contributed by atoms with Crippen LogP contribution in [0.5, 0.6) is 0 Å². The first-order valence-corrected chi connectivity index (χ1v) is 21.7. The summed E-state index contributed by atoms with van der Waals surface area (Å²) in [4.78, 5) is 86.7. The predicted octanol–water partition coefficient (Wildman–Crippen LogP) is 6.76. The molecule has 0 radical (unpaired) electrons. The molecule has 3 N–H and O–H groups in total. The number of hydrogen-bond donors (Lipinski definition) is 3. The number of nitrogens with one attached hydrogen (secondary N) is 3. The molecule has 4 aromatic rings. The van der Waals surface area contributed by atoms with Crippen LogP contribution in [0.3, 0.4) is 0 Å². The van der Waals surface area contributed by atoms with E-state index in [0.29, 0.717) is 55.7 Å². The van der Waals surface area contributed by atoms with Crippen LogP contribution in [0.15, 0.2) is 78.9 Å². The van der Waals surface area contributed by atoms with E-state index >= 15 is 8.78 Å². The zero-order chi connectivity index (χ0) is 47.7. The van der Waals surface area contributed by atoms with Crippen LogP contribution in [0.2, 0.25) is 0 Å². The van der Waals surface area contributed by atoms with Crippen molar-refractivity contribution < 1.29 is 51.4 Å². The zero-order valence-corrected chi connectivity index (χ0v) is 37.6. The maximum absolute atomic E-state index is 15.0. The van der Waals surface area contributed by atoms with Gasteiger partial charge < -0.3 is 35.2 Å². The Morgan fingerprint density at radius 2 is 1.59 bits per heavy atom. The number of para-hydroxylation sites is 1. The molecule has 1 fully saturated rings. The van der Waals surface area contributed by atoms with Gasteiger partial charge in [-0.1, -0.05) is 36.4 Å². The molecular formula is C49H53F3N6O8. The molecule has 6 amide bonds. The fraction of sp³-hybridized carbons (Fsp3) is 0.388. The van der Waals surface area contributed by atoms with Crippen molar-refractivity contribution in [1.29, 1.82) is 0 Å². The number of likely N-dealkylation sites (N-methyl/N-ethyl adjacent to an activating group) is 1. The van der Waals surface area contributed by atoms with Crippen LogP contribution >= 0.6 is 0 Å². The first-order valence-electron chi connectivity index (χ1n) is 21.7. The Hall–Kier alpha value is -6.75. The summed E-state index contributed by atoms with van der Waals surface area (Å²) in [5, 5.41) is 8.10. The summed E-state index contributed by atoms with van der Waals surface area (Å²) >= 11 is 0. The number of halogens is 3. The standard InChI is InChI=1S/C49H53F3N6O8/c1-28(56(6)47(64)66-48(2,3)4)43(60)54-40(31-18-20-65-21-19-31)45(62)58-25-32-13-16-34(24-35(32)42(58)44(61)55-41-37(51)8-7-9-38(41)52)53-46(63)49(5)26-57(27-59)39-23-30(12-17-36(39)49)22-29-10-14-33(50)15-11-29/h7-17,23-24,27-28,31,40,42H,18-22,25-26H2,1-6H3,(H,53,63)(H,54,60)(H,55,61)/t28-,40?,42?,49?/m0/s1. The van der Waals surface area contributed by atoms with Crippen molar-refractivity contribution in [3.05, 3.63) is 124 Å². The number of hydrogen-bond acceptors (Lipinski definition) is 8. The van der Waals surface area contributed by atoms with E-state index in [1.165, 1.54) is 42.0 Å². The van der Waals surface area contributed by atoms with Crippen LogP contribution in [0, 0.1) is 23.4 Å². The van der Waals surface area contributed by atoms with E-state index in [9.17, 15) is 33.2 Å². The van der Waals surface area contributed by atoms with E-state index in [2.05, 4.69) is 16.0 Å². The van der Waals surface area contributed by atoms with Crippen molar-refractivity contribution in [2.45, 2.75) is 89.6 Å². The van der Waals surface area contributed by atoms with Gasteiger partial charge in [0.2, 0.25) is 24.1 Å². The number of anilines is 3. The number of fused-ring (bicyclic) bond motifs is 2. The molecule has 0 saturated carbocycles. The highest BCUT2D eigenvalue weighted by atomic mass is 19.1. The van der Waals surface area contributed by atoms with Crippen molar-refractivity contribution in [2.24, 2.45) is 5.92 Å². The molecule has 3 aliphatic rings. The summed E-state index contributed by atoms with van der Waals surface area (Å²) in [7, 11) is 1.40. The Balaban J connectivity index is 1.18. The maximum Gasteiger partial charge on any atom is 0.410 e. The van der Waals surface area contributed by atoms with Gasteiger partial charge >= 0.3 is 6.09 Å². The van der Waals surface area contributed by atoms with Crippen LogP contribution in [-0.4, -0.2) is 90.4 Å². The Kier molecular flexibility index (Phi) is 13.6. The number of amides is 6. The van der Waals surface area contributed by atoms with Crippen LogP contribution in [0.4, 0.5) is 35.0 Å². The van der Waals surface area contributed by atoms with E-state index in [-0.39, 0.29) is 30.2 Å². The van der Waals surface area contributed by atoms with Crippen molar-refractivity contribution in [3.63, 3.8) is 0 Å². The average molecular weight is 911 g/mol. The van der Waals surface area contributed by atoms with E-state index in [1.807, 2.05) is 12.1 Å². The number of carbonyl (C=O) groups is 6. The first-order chi connectivity index (χ1) is 31.3. The molecule has 7 rings (SSSR count). The molecule has 1 saturated heterocycles. The highest BCUT2D eigenvalue weighted by Gasteiger charge is 2.47. The van der Waals surface area contributed by atoms with Gasteiger partial charge in [0.15, 0.2) is 0 Å². The third kappa shape index (κ3) is 9.90. The SMILES string of the molecule is C[C@@H](C(=O)NC(C(=O)N1Cc2ccc(NC(=O)C3(C)CN(C=O)c4cc(Cc5ccc(F)cc5)ccc43)cc2C1C(=O)Nc1c(F)cccc1F)C1CCOCC1)N(C)C(=O)OC(C)(C)C. The molecule has 3 unspecified atom stereocenters. The lowest BCUT2D eigenvalue weighted by molar-refractivity contribution is -0.144. The Morgan fingerprint density at radius 1 is 0.924 bits per heavy atom. The summed E-state index contributed by atoms with van der Waals surface area (Å²) in [5.74, 6) is -5.68. The van der Waals surface area contributed by atoms with E-state index in [1.54, 1.807) is 58.0 Å². The summed E-state index contributed by atoms with van der Waals surface area (Å²) in [6, 6.07) is 15.6. The molecule has 3 aliphatic heterocycles. The number of benzene rings is 4. The molecule has 4 atom stereocenters. The third-order valence-corrected chi connectivity index (χ3v) is 12.4. The fourth-order valence-corrected chi connectivity index (χ4v) is 8.66. The number of rotatable bonds is 12. The minimum atomic E-state index is -1.50. The molecule has 348 valence electrons.